The summed E-state index contributed by atoms with van der Waals surface area (Å²) in [6.45, 7) is 4.15. The highest BCUT2D eigenvalue weighted by molar-refractivity contribution is 6.10. The Hall–Kier alpha value is -5.44. The fraction of sp³-hybridized carbons (Fsp3) is 0.125. The maximum Gasteiger partial charge on any atom is 0.336 e. The molecule has 4 aromatic carbocycles. The van der Waals surface area contributed by atoms with Gasteiger partial charge in [0.1, 0.15) is 11.5 Å². The van der Waals surface area contributed by atoms with Crippen LogP contribution in [0, 0.1) is 13.8 Å². The standard InChI is InChI=1S/C32H27NO8/c1-19-8-11-24(14-20(19)2)41-23-12-9-22(10-13-23)18-33(17-21-6-4-3-5-7-21)29(34)25-15-27(31(37)38)28(32(39)40)16-26(25)30(35)36/h3-16H,17-18H2,1-2H3,(H,35,36)(H,37,38)(H,39,40). The number of aromatic carboxylic acids is 3. The second kappa shape index (κ2) is 12.2. The van der Waals surface area contributed by atoms with Gasteiger partial charge in [-0.05, 0) is 72.5 Å². The molecule has 0 atom stereocenters. The van der Waals surface area contributed by atoms with Gasteiger partial charge in [-0.15, -0.1) is 0 Å². The molecule has 0 heterocycles. The molecular formula is C32H27NO8. The summed E-state index contributed by atoms with van der Waals surface area (Å²) in [5.41, 5.74) is 1.27. The second-order valence-electron chi connectivity index (χ2n) is 9.50. The molecule has 9 nitrogen and oxygen atoms in total. The first-order valence-corrected chi connectivity index (χ1v) is 12.6. The summed E-state index contributed by atoms with van der Waals surface area (Å²) < 4.78 is 5.95. The number of carbonyl (C=O) groups is 4. The third-order valence-corrected chi connectivity index (χ3v) is 6.59. The van der Waals surface area contributed by atoms with Crippen molar-refractivity contribution in [1.82, 2.24) is 4.90 Å². The third-order valence-electron chi connectivity index (χ3n) is 6.59. The van der Waals surface area contributed by atoms with Crippen LogP contribution in [-0.2, 0) is 13.1 Å². The number of ether oxygens (including phenoxy) is 1. The number of carboxylic acid groups (broad SMARTS) is 3. The molecule has 1 amide bonds. The van der Waals surface area contributed by atoms with Crippen LogP contribution in [0.2, 0.25) is 0 Å². The van der Waals surface area contributed by atoms with Gasteiger partial charge in [0.25, 0.3) is 5.91 Å². The summed E-state index contributed by atoms with van der Waals surface area (Å²) >= 11 is 0. The largest absolute Gasteiger partial charge is 0.478 e. The molecule has 0 saturated heterocycles. The van der Waals surface area contributed by atoms with E-state index in [-0.39, 0.29) is 13.1 Å². The van der Waals surface area contributed by atoms with Crippen molar-refractivity contribution in [1.29, 1.82) is 0 Å². The highest BCUT2D eigenvalue weighted by atomic mass is 16.5. The fourth-order valence-electron chi connectivity index (χ4n) is 4.28. The van der Waals surface area contributed by atoms with E-state index in [9.17, 15) is 34.5 Å². The SMILES string of the molecule is Cc1ccc(Oc2ccc(CN(Cc3ccccc3)C(=O)c3cc(C(=O)O)c(C(=O)O)cc3C(=O)O)cc2)cc1C. The number of amides is 1. The van der Waals surface area contributed by atoms with Gasteiger partial charge >= 0.3 is 17.9 Å². The zero-order valence-electron chi connectivity index (χ0n) is 22.3. The molecule has 41 heavy (non-hydrogen) atoms. The Morgan fingerprint density at radius 3 is 1.61 bits per heavy atom. The van der Waals surface area contributed by atoms with Crippen LogP contribution < -0.4 is 4.74 Å². The number of rotatable bonds is 10. The van der Waals surface area contributed by atoms with Gasteiger partial charge in [-0.25, -0.2) is 14.4 Å². The lowest BCUT2D eigenvalue weighted by Crippen LogP contribution is -2.32. The van der Waals surface area contributed by atoms with Crippen molar-refractivity contribution in [2.75, 3.05) is 0 Å². The van der Waals surface area contributed by atoms with E-state index in [1.165, 1.54) is 4.90 Å². The van der Waals surface area contributed by atoms with Gasteiger partial charge < -0.3 is 25.0 Å². The number of aryl methyl sites for hydroxylation is 2. The Labute approximate surface area is 235 Å². The highest BCUT2D eigenvalue weighted by Gasteiger charge is 2.28. The molecule has 9 heteroatoms. The molecule has 0 unspecified atom stereocenters. The molecule has 0 spiro atoms. The summed E-state index contributed by atoms with van der Waals surface area (Å²) in [4.78, 5) is 50.6. The molecule has 0 fully saturated rings. The van der Waals surface area contributed by atoms with Crippen molar-refractivity contribution in [3.63, 3.8) is 0 Å². The van der Waals surface area contributed by atoms with Gasteiger partial charge in [-0.3, -0.25) is 4.79 Å². The maximum atomic E-state index is 13.8. The fourth-order valence-corrected chi connectivity index (χ4v) is 4.28. The van der Waals surface area contributed by atoms with Crippen molar-refractivity contribution in [2.24, 2.45) is 0 Å². The topological polar surface area (TPSA) is 141 Å². The van der Waals surface area contributed by atoms with Crippen LogP contribution >= 0.6 is 0 Å². The molecule has 0 aliphatic heterocycles. The van der Waals surface area contributed by atoms with Gasteiger partial charge in [-0.1, -0.05) is 48.5 Å². The van der Waals surface area contributed by atoms with Crippen LogP contribution in [0.5, 0.6) is 11.5 Å². The van der Waals surface area contributed by atoms with E-state index in [1.54, 1.807) is 48.5 Å². The van der Waals surface area contributed by atoms with Gasteiger partial charge in [0.2, 0.25) is 0 Å². The molecule has 3 N–H and O–H groups in total. The Balaban J connectivity index is 1.68. The van der Waals surface area contributed by atoms with Crippen LogP contribution in [0.1, 0.15) is 63.7 Å². The molecule has 0 saturated carbocycles. The molecule has 0 radical (unpaired) electrons. The van der Waals surface area contributed by atoms with Crippen molar-refractivity contribution in [2.45, 2.75) is 26.9 Å². The Kier molecular flexibility index (Phi) is 8.48. The van der Waals surface area contributed by atoms with Gasteiger partial charge in [-0.2, -0.15) is 0 Å². The Morgan fingerprint density at radius 2 is 1.07 bits per heavy atom. The van der Waals surface area contributed by atoms with Gasteiger partial charge in [0, 0.05) is 13.1 Å². The average Bonchev–Trinajstić information content (AvgIpc) is 2.95. The lowest BCUT2D eigenvalue weighted by atomic mass is 9.96. The first kappa shape index (κ1) is 28.6. The number of carboxylic acids is 3. The number of benzene rings is 4. The zero-order valence-corrected chi connectivity index (χ0v) is 22.3. The highest BCUT2D eigenvalue weighted by Crippen LogP contribution is 2.26. The van der Waals surface area contributed by atoms with E-state index >= 15 is 0 Å². The van der Waals surface area contributed by atoms with Crippen molar-refractivity contribution >= 4 is 23.8 Å². The van der Waals surface area contributed by atoms with Crippen LogP contribution in [0.15, 0.2) is 84.9 Å². The summed E-state index contributed by atoms with van der Waals surface area (Å²) in [5, 5.41) is 28.8. The zero-order chi connectivity index (χ0) is 29.7. The van der Waals surface area contributed by atoms with Crippen LogP contribution in [-0.4, -0.2) is 44.0 Å². The summed E-state index contributed by atoms with van der Waals surface area (Å²) in [6, 6.07) is 23.4. The molecule has 0 aliphatic rings. The van der Waals surface area contributed by atoms with Crippen LogP contribution in [0.4, 0.5) is 0 Å². The smallest absolute Gasteiger partial charge is 0.336 e. The minimum Gasteiger partial charge on any atom is -0.478 e. The predicted molar refractivity (Wildman–Crippen MR) is 150 cm³/mol. The molecule has 4 rings (SSSR count). The Morgan fingerprint density at radius 1 is 0.585 bits per heavy atom. The average molecular weight is 554 g/mol. The van der Waals surface area contributed by atoms with E-state index in [4.69, 9.17) is 4.74 Å². The van der Waals surface area contributed by atoms with Crippen LogP contribution in [0.3, 0.4) is 0 Å². The quantitative estimate of drug-likeness (QED) is 0.216. The van der Waals surface area contributed by atoms with Crippen molar-refractivity contribution < 1.29 is 39.2 Å². The van der Waals surface area contributed by atoms with Crippen LogP contribution in [0.25, 0.3) is 0 Å². The van der Waals surface area contributed by atoms with E-state index in [0.29, 0.717) is 23.1 Å². The monoisotopic (exact) mass is 553 g/mol. The normalized spacial score (nSPS) is 10.6. The molecule has 4 aromatic rings. The molecular weight excluding hydrogens is 526 g/mol. The summed E-state index contributed by atoms with van der Waals surface area (Å²) in [6.07, 6.45) is 0. The minimum absolute atomic E-state index is 0.0554. The lowest BCUT2D eigenvalue weighted by Gasteiger charge is -2.24. The van der Waals surface area contributed by atoms with Crippen molar-refractivity contribution in [3.8, 4) is 11.5 Å². The Bertz CT molecular complexity index is 1630. The first-order chi connectivity index (χ1) is 19.5. The summed E-state index contributed by atoms with van der Waals surface area (Å²) in [7, 11) is 0. The van der Waals surface area contributed by atoms with E-state index in [2.05, 4.69) is 0 Å². The maximum absolute atomic E-state index is 13.8. The molecule has 0 aliphatic carbocycles. The van der Waals surface area contributed by atoms with E-state index in [0.717, 1.165) is 22.8 Å². The lowest BCUT2D eigenvalue weighted by molar-refractivity contribution is 0.0643. The molecule has 0 aromatic heterocycles. The number of hydrogen-bond donors (Lipinski definition) is 3. The first-order valence-electron chi connectivity index (χ1n) is 12.6. The van der Waals surface area contributed by atoms with E-state index < -0.39 is 46.1 Å². The third kappa shape index (κ3) is 6.77. The second-order valence-corrected chi connectivity index (χ2v) is 9.50. The number of nitrogens with zero attached hydrogens (tertiary/aromatic N) is 1. The number of hydrogen-bond acceptors (Lipinski definition) is 5. The van der Waals surface area contributed by atoms with Gasteiger partial charge in [0.15, 0.2) is 0 Å². The minimum atomic E-state index is -1.62. The van der Waals surface area contributed by atoms with Gasteiger partial charge in [0.05, 0.1) is 22.3 Å². The molecule has 208 valence electrons. The number of carbonyl (C=O) groups excluding carboxylic acids is 1. The predicted octanol–water partition coefficient (Wildman–Crippen LogP) is 6.03. The van der Waals surface area contributed by atoms with E-state index in [1.807, 2.05) is 38.1 Å². The van der Waals surface area contributed by atoms with Crippen molar-refractivity contribution in [3.05, 3.63) is 129 Å². The summed E-state index contributed by atoms with van der Waals surface area (Å²) in [5.74, 6) is -4.26. The molecule has 0 bridgehead atoms.